The first-order valence-corrected chi connectivity index (χ1v) is 10.6. The molecule has 3 aromatic carbocycles. The maximum absolute atomic E-state index is 12.9. The quantitative estimate of drug-likeness (QED) is 0.548. The molecule has 0 aromatic heterocycles. The number of carbonyl (C=O) groups excluding carboxylic acids is 2. The topological polar surface area (TPSA) is 79.7 Å². The lowest BCUT2D eigenvalue weighted by molar-refractivity contribution is -0.596. The molecule has 0 bridgehead atoms. The molecule has 2 amide bonds. The number of nitrogens with one attached hydrogen (secondary N) is 2. The van der Waals surface area contributed by atoms with Crippen molar-refractivity contribution in [3.63, 3.8) is 0 Å². The lowest BCUT2D eigenvalue weighted by atomic mass is 10.00. The molecule has 1 aliphatic heterocycles. The first-order chi connectivity index (χ1) is 16.0. The molecule has 1 saturated heterocycles. The smallest absolute Gasteiger partial charge is 0.304 e. The average molecular weight is 465 g/mol. The molecule has 2 N–H and O–H groups in total. The van der Waals surface area contributed by atoms with E-state index in [-0.39, 0.29) is 11.8 Å². The number of benzene rings is 3. The second kappa shape index (κ2) is 9.75. The Kier molecular flexibility index (Phi) is 6.60. The summed E-state index contributed by atoms with van der Waals surface area (Å²) in [6, 6.07) is 20.2. The summed E-state index contributed by atoms with van der Waals surface area (Å²) in [5, 5.41) is 3.40. The van der Waals surface area contributed by atoms with E-state index in [1.165, 1.54) is 0 Å². The van der Waals surface area contributed by atoms with Gasteiger partial charge in [-0.3, -0.25) is 9.59 Å². The maximum atomic E-state index is 12.9. The fraction of sp³-hybridized carbons (Fsp3) is 0.160. The summed E-state index contributed by atoms with van der Waals surface area (Å²) in [6.45, 7) is 0. The van der Waals surface area contributed by atoms with Crippen molar-refractivity contribution in [1.29, 1.82) is 0 Å². The van der Waals surface area contributed by atoms with E-state index < -0.39 is 12.1 Å². The summed E-state index contributed by atoms with van der Waals surface area (Å²) in [6.07, 6.45) is 1.80. The van der Waals surface area contributed by atoms with E-state index in [0.717, 1.165) is 11.1 Å². The second-order valence-electron chi connectivity index (χ2n) is 7.44. The van der Waals surface area contributed by atoms with Gasteiger partial charge in [-0.15, -0.1) is 10.1 Å². The van der Waals surface area contributed by atoms with Crippen LogP contribution >= 0.6 is 11.6 Å². The predicted molar refractivity (Wildman–Crippen MR) is 125 cm³/mol. The minimum absolute atomic E-state index is 0.317. The van der Waals surface area contributed by atoms with Gasteiger partial charge in [-0.05, 0) is 42.5 Å². The molecule has 0 aliphatic carbocycles. The molecule has 33 heavy (non-hydrogen) atoms. The van der Waals surface area contributed by atoms with Crippen molar-refractivity contribution in [2.75, 3.05) is 14.2 Å². The molecule has 168 valence electrons. The van der Waals surface area contributed by atoms with E-state index in [9.17, 15) is 9.59 Å². The minimum Gasteiger partial charge on any atom is -0.493 e. The number of carbonyl (C=O) groups is 2. The van der Waals surface area contributed by atoms with Crippen LogP contribution < -0.4 is 20.2 Å². The van der Waals surface area contributed by atoms with Gasteiger partial charge in [-0.25, -0.2) is 0 Å². The molecule has 7 nitrogen and oxygen atoms in total. The van der Waals surface area contributed by atoms with Crippen LogP contribution in [0.5, 0.6) is 11.5 Å². The Morgan fingerprint density at radius 3 is 2.36 bits per heavy atom. The molecule has 0 unspecified atom stereocenters. The van der Waals surface area contributed by atoms with Crippen LogP contribution in [0.3, 0.4) is 0 Å². The normalized spacial score (nSPS) is 18.6. The van der Waals surface area contributed by atoms with Crippen LogP contribution in [0.4, 0.5) is 0 Å². The highest BCUT2D eigenvalue weighted by Gasteiger charge is 2.47. The van der Waals surface area contributed by atoms with Crippen LogP contribution in [0.1, 0.15) is 27.5 Å². The van der Waals surface area contributed by atoms with E-state index in [4.69, 9.17) is 21.1 Å². The van der Waals surface area contributed by atoms with E-state index in [2.05, 4.69) is 10.7 Å². The number of methoxy groups -OCH3 is 2. The van der Waals surface area contributed by atoms with Gasteiger partial charge in [-0.2, -0.15) is 0 Å². The molecule has 3 aromatic rings. The molecule has 2 atom stereocenters. The third-order valence-corrected chi connectivity index (χ3v) is 5.62. The Morgan fingerprint density at radius 2 is 1.70 bits per heavy atom. The van der Waals surface area contributed by atoms with Crippen molar-refractivity contribution in [2.45, 2.75) is 12.1 Å². The number of halogens is 1. The fourth-order valence-corrected chi connectivity index (χ4v) is 3.88. The summed E-state index contributed by atoms with van der Waals surface area (Å²) in [5.74, 6) is 0.497. The molecule has 0 saturated carbocycles. The monoisotopic (exact) mass is 464 g/mol. The lowest BCUT2D eigenvalue weighted by Gasteiger charge is -2.15. The van der Waals surface area contributed by atoms with Gasteiger partial charge in [0.1, 0.15) is 0 Å². The number of hydrazine groups is 1. The SMILES string of the molecule is COc1ccc(/C=[N+]2\NC(=O)[C@@H](NC(=O)c3ccc(Cl)cc3)[C@H]2c2ccccc2)cc1OC. The van der Waals surface area contributed by atoms with Crippen molar-refractivity contribution in [1.82, 2.24) is 10.7 Å². The van der Waals surface area contributed by atoms with Gasteiger partial charge < -0.3 is 14.8 Å². The molecule has 8 heteroatoms. The lowest BCUT2D eigenvalue weighted by Crippen LogP contribution is -2.42. The molecule has 0 spiro atoms. The molecule has 1 heterocycles. The van der Waals surface area contributed by atoms with Gasteiger partial charge >= 0.3 is 5.91 Å². The molecule has 4 rings (SSSR count). The number of nitrogens with zero attached hydrogens (tertiary/aromatic N) is 1. The van der Waals surface area contributed by atoms with Crippen LogP contribution in [-0.2, 0) is 4.79 Å². The highest BCUT2D eigenvalue weighted by molar-refractivity contribution is 6.30. The number of amides is 2. The van der Waals surface area contributed by atoms with Crippen molar-refractivity contribution in [3.8, 4) is 11.5 Å². The van der Waals surface area contributed by atoms with Crippen molar-refractivity contribution in [2.24, 2.45) is 0 Å². The van der Waals surface area contributed by atoms with Crippen molar-refractivity contribution in [3.05, 3.63) is 94.5 Å². The first-order valence-electron chi connectivity index (χ1n) is 10.3. The van der Waals surface area contributed by atoms with E-state index in [1.807, 2.05) is 42.5 Å². The third-order valence-electron chi connectivity index (χ3n) is 5.37. The average Bonchev–Trinajstić information content (AvgIpc) is 3.14. The minimum atomic E-state index is -0.813. The van der Waals surface area contributed by atoms with E-state index in [1.54, 1.807) is 55.5 Å². The Balaban J connectivity index is 1.69. The van der Waals surface area contributed by atoms with Crippen LogP contribution in [0.2, 0.25) is 5.02 Å². The van der Waals surface area contributed by atoms with Gasteiger partial charge in [-0.1, -0.05) is 41.9 Å². The Labute approximate surface area is 196 Å². The Hall–Kier alpha value is -3.84. The third kappa shape index (κ3) is 4.83. The molecular weight excluding hydrogens is 442 g/mol. The standard InChI is InChI=1S/C25H22ClN3O4/c1-32-20-13-8-16(14-21(20)33-2)15-29-23(17-6-4-3-5-7-17)22(25(31)28-29)27-24(30)18-9-11-19(26)12-10-18/h3-15,22-23H,1-2H3,(H-,27,28,30,31)/p+1/b29-15-/t22-,23+/m0/s1. The van der Waals surface area contributed by atoms with Gasteiger partial charge in [0.05, 0.1) is 14.2 Å². The molecular formula is C25H23ClN3O4+. The van der Waals surface area contributed by atoms with Crippen LogP contribution in [-0.4, -0.2) is 43.0 Å². The van der Waals surface area contributed by atoms with Crippen molar-refractivity contribution >= 4 is 29.6 Å². The van der Waals surface area contributed by atoms with Crippen molar-refractivity contribution < 1.29 is 23.7 Å². The summed E-state index contributed by atoms with van der Waals surface area (Å²) in [5.41, 5.74) is 4.94. The zero-order valence-electron chi connectivity index (χ0n) is 18.1. The number of hydrogen-bond acceptors (Lipinski definition) is 4. The zero-order chi connectivity index (χ0) is 23.4. The van der Waals surface area contributed by atoms with Crippen LogP contribution in [0.15, 0.2) is 72.8 Å². The van der Waals surface area contributed by atoms with Gasteiger partial charge in [0.15, 0.2) is 17.5 Å². The van der Waals surface area contributed by atoms with E-state index in [0.29, 0.717) is 22.1 Å². The van der Waals surface area contributed by atoms with E-state index >= 15 is 0 Å². The van der Waals surface area contributed by atoms with Gasteiger partial charge in [0.25, 0.3) is 5.91 Å². The summed E-state index contributed by atoms with van der Waals surface area (Å²) < 4.78 is 12.4. The molecule has 1 fully saturated rings. The highest BCUT2D eigenvalue weighted by Crippen LogP contribution is 2.29. The number of rotatable bonds is 6. The Bertz CT molecular complexity index is 1200. The predicted octanol–water partition coefficient (Wildman–Crippen LogP) is 3.37. The Morgan fingerprint density at radius 1 is 1.00 bits per heavy atom. The first kappa shape index (κ1) is 22.4. The fourth-order valence-electron chi connectivity index (χ4n) is 3.75. The van der Waals surface area contributed by atoms with Crippen LogP contribution in [0, 0.1) is 0 Å². The maximum Gasteiger partial charge on any atom is 0.304 e. The summed E-state index contributed by atoms with van der Waals surface area (Å²) in [7, 11) is 3.13. The van der Waals surface area contributed by atoms with Crippen LogP contribution in [0.25, 0.3) is 0 Å². The number of hydrazone groups is 1. The highest BCUT2D eigenvalue weighted by atomic mass is 35.5. The van der Waals surface area contributed by atoms with Gasteiger partial charge in [0, 0.05) is 21.7 Å². The molecule has 1 aliphatic rings. The number of ether oxygens (including phenoxy) is 2. The number of hydrogen-bond donors (Lipinski definition) is 2. The summed E-state index contributed by atoms with van der Waals surface area (Å²) >= 11 is 5.93. The zero-order valence-corrected chi connectivity index (χ0v) is 18.9. The van der Waals surface area contributed by atoms with Gasteiger partial charge in [0.2, 0.25) is 12.3 Å². The summed E-state index contributed by atoms with van der Waals surface area (Å²) in [4.78, 5) is 25.8. The largest absolute Gasteiger partial charge is 0.493 e. The second-order valence-corrected chi connectivity index (χ2v) is 7.88. The molecule has 0 radical (unpaired) electrons.